The molecule has 2 N–H and O–H groups in total. The predicted molar refractivity (Wildman–Crippen MR) is 225 cm³/mol. The summed E-state index contributed by atoms with van der Waals surface area (Å²) in [7, 11) is 0. The Bertz CT molecular complexity index is 2400. The number of nitrogens with one attached hydrogen (secondary N) is 1. The Labute approximate surface area is 354 Å². The number of rotatable bonds is 6. The van der Waals surface area contributed by atoms with Crippen LogP contribution in [0.3, 0.4) is 0 Å². The summed E-state index contributed by atoms with van der Waals surface area (Å²) in [5, 5.41) is 12.6. The number of carbonyl (C=O) groups is 3. The molecule has 0 bridgehead atoms. The largest absolute Gasteiger partial charge is 0.508 e. The minimum Gasteiger partial charge on any atom is -0.508 e. The average molecular weight is 828 g/mol. The van der Waals surface area contributed by atoms with Gasteiger partial charge in [-0.1, -0.05) is 42.5 Å². The van der Waals surface area contributed by atoms with Crippen molar-refractivity contribution in [2.45, 2.75) is 68.2 Å². The number of benzene rings is 4. The molecule has 7 aliphatic heterocycles. The lowest BCUT2D eigenvalue weighted by Crippen LogP contribution is -2.58. The molecule has 5 atom stereocenters. The van der Waals surface area contributed by atoms with Crippen molar-refractivity contribution < 1.29 is 38.1 Å². The van der Waals surface area contributed by atoms with Crippen molar-refractivity contribution in [1.29, 1.82) is 0 Å². The van der Waals surface area contributed by atoms with Gasteiger partial charge in [-0.25, -0.2) is 4.39 Å². The van der Waals surface area contributed by atoms with Crippen molar-refractivity contribution in [2.24, 2.45) is 5.92 Å². The number of ether oxygens (including phenoxy) is 3. The molecule has 11 rings (SSSR count). The molecule has 12 nitrogen and oxygen atoms in total. The molecular weight excluding hydrogens is 778 g/mol. The smallest absolute Gasteiger partial charge is 0.255 e. The van der Waals surface area contributed by atoms with Crippen LogP contribution >= 0.6 is 0 Å². The number of hydrogen-bond donors (Lipinski definition) is 2. The van der Waals surface area contributed by atoms with Crippen LogP contribution in [0.15, 0.2) is 78.9 Å². The average Bonchev–Trinajstić information content (AvgIpc) is 3.81. The molecule has 0 aliphatic carbocycles. The Hall–Kier alpha value is -5.66. The minimum atomic E-state index is -0.645. The van der Waals surface area contributed by atoms with Gasteiger partial charge in [0.1, 0.15) is 35.7 Å². The van der Waals surface area contributed by atoms with E-state index in [9.17, 15) is 19.5 Å². The first-order valence-electron chi connectivity index (χ1n) is 21.8. The number of amides is 3. The molecule has 4 saturated heterocycles. The van der Waals surface area contributed by atoms with E-state index >= 15 is 4.39 Å². The second-order valence-corrected chi connectivity index (χ2v) is 18.1. The van der Waals surface area contributed by atoms with Gasteiger partial charge in [0.2, 0.25) is 11.8 Å². The number of carbonyl (C=O) groups excluding carboxylic acids is 3. The molecule has 0 aromatic heterocycles. The van der Waals surface area contributed by atoms with E-state index in [4.69, 9.17) is 14.2 Å². The molecule has 7 aliphatic rings. The fourth-order valence-electron chi connectivity index (χ4n) is 11.4. The van der Waals surface area contributed by atoms with Crippen LogP contribution in [0.2, 0.25) is 0 Å². The quantitative estimate of drug-likeness (QED) is 0.239. The summed E-state index contributed by atoms with van der Waals surface area (Å²) in [5.41, 5.74) is 5.87. The zero-order valence-electron chi connectivity index (χ0n) is 34.1. The molecule has 13 heteroatoms. The van der Waals surface area contributed by atoms with Gasteiger partial charge in [0.15, 0.2) is 0 Å². The second-order valence-electron chi connectivity index (χ2n) is 18.1. The number of piperidine rings is 2. The van der Waals surface area contributed by atoms with Gasteiger partial charge in [-0.2, -0.15) is 0 Å². The maximum Gasteiger partial charge on any atom is 0.255 e. The summed E-state index contributed by atoms with van der Waals surface area (Å²) in [6.07, 6.45) is 3.27. The molecule has 4 aromatic rings. The van der Waals surface area contributed by atoms with E-state index in [-0.39, 0.29) is 53.3 Å². The van der Waals surface area contributed by atoms with Crippen LogP contribution in [0.5, 0.6) is 17.2 Å². The van der Waals surface area contributed by atoms with Gasteiger partial charge in [0.25, 0.3) is 5.91 Å². The van der Waals surface area contributed by atoms with E-state index in [0.717, 1.165) is 93.1 Å². The van der Waals surface area contributed by atoms with E-state index in [1.165, 1.54) is 0 Å². The number of phenols is 1. The first kappa shape index (κ1) is 38.3. The minimum absolute atomic E-state index is 0.00191. The van der Waals surface area contributed by atoms with Gasteiger partial charge < -0.3 is 34.0 Å². The topological polar surface area (TPSA) is 124 Å². The highest BCUT2D eigenvalue weighted by Gasteiger charge is 2.45. The summed E-state index contributed by atoms with van der Waals surface area (Å²) in [4.78, 5) is 46.4. The summed E-state index contributed by atoms with van der Waals surface area (Å²) in [5.74, 6) is 0.669. The fourth-order valence-corrected chi connectivity index (χ4v) is 11.4. The lowest BCUT2D eigenvalue weighted by atomic mass is 9.76. The van der Waals surface area contributed by atoms with Gasteiger partial charge in [0, 0.05) is 81.3 Å². The lowest BCUT2D eigenvalue weighted by Gasteiger charge is -2.46. The van der Waals surface area contributed by atoms with E-state index in [0.29, 0.717) is 54.8 Å². The highest BCUT2D eigenvalue weighted by atomic mass is 19.1. The molecule has 61 heavy (non-hydrogen) atoms. The monoisotopic (exact) mass is 827 g/mol. The molecule has 316 valence electrons. The number of imide groups is 1. The number of phenolic OH excluding ortho intramolecular Hbond substituents is 1. The summed E-state index contributed by atoms with van der Waals surface area (Å²) < 4.78 is 35.3. The Balaban J connectivity index is 0.709. The Morgan fingerprint density at radius 2 is 1.66 bits per heavy atom. The third-order valence-corrected chi connectivity index (χ3v) is 14.4. The molecular formula is C48H50FN5O7. The normalized spacial score (nSPS) is 26.9. The predicted octanol–water partition coefficient (Wildman–Crippen LogP) is 5.56. The Morgan fingerprint density at radius 1 is 0.820 bits per heavy atom. The lowest BCUT2D eigenvalue weighted by molar-refractivity contribution is -0.136. The summed E-state index contributed by atoms with van der Waals surface area (Å²) in [6.45, 7) is 7.09. The standard InChI is InChI=1S/C48H50FN5O7/c49-38-18-31(45-35-8-7-34(55)20-42(35)60-28-37(45)30-4-2-1-3-5-30)6-9-39(38)52-14-12-48(13-15-52)22-29(26-61-48)23-51-16-17-53-33(25-51)27-59-43-21-36-32(19-41(43)53)24-54(47(36)58)40-10-11-44(56)50-46(40)57/h1-9,18-21,29,33,37,40,45,55H,10-17,22-28H2,(H,50,56,57)/t29-,33-,37+,40-,45+/m1/s1. The molecule has 1 spiro atoms. The van der Waals surface area contributed by atoms with Crippen LogP contribution in [-0.4, -0.2) is 109 Å². The van der Waals surface area contributed by atoms with Crippen LogP contribution in [0.4, 0.5) is 15.8 Å². The van der Waals surface area contributed by atoms with E-state index < -0.39 is 11.9 Å². The zero-order valence-corrected chi connectivity index (χ0v) is 34.1. The van der Waals surface area contributed by atoms with Gasteiger partial charge in [-0.15, -0.1) is 0 Å². The van der Waals surface area contributed by atoms with E-state index in [1.807, 2.05) is 36.4 Å². The third kappa shape index (κ3) is 6.86. The van der Waals surface area contributed by atoms with Gasteiger partial charge in [0.05, 0.1) is 36.2 Å². The number of piperazine rings is 1. The Morgan fingerprint density at radius 3 is 2.48 bits per heavy atom. The number of nitrogens with zero attached hydrogens (tertiary/aromatic N) is 4. The van der Waals surface area contributed by atoms with Crippen molar-refractivity contribution in [1.82, 2.24) is 15.1 Å². The van der Waals surface area contributed by atoms with Crippen LogP contribution < -0.4 is 24.6 Å². The van der Waals surface area contributed by atoms with Crippen molar-refractivity contribution in [2.75, 3.05) is 68.9 Å². The molecule has 0 radical (unpaired) electrons. The fraction of sp³-hybridized carbons (Fsp3) is 0.438. The molecule has 0 unspecified atom stereocenters. The highest BCUT2D eigenvalue weighted by molar-refractivity contribution is 6.06. The third-order valence-electron chi connectivity index (χ3n) is 14.4. The van der Waals surface area contributed by atoms with Gasteiger partial charge in [-0.05, 0) is 78.6 Å². The molecule has 4 fully saturated rings. The van der Waals surface area contributed by atoms with Crippen LogP contribution in [0.1, 0.15) is 76.6 Å². The first-order valence-corrected chi connectivity index (χ1v) is 21.8. The van der Waals surface area contributed by atoms with Crippen LogP contribution in [0.25, 0.3) is 0 Å². The molecule has 3 amide bonds. The van der Waals surface area contributed by atoms with Gasteiger partial charge >= 0.3 is 0 Å². The number of anilines is 2. The SMILES string of the molecule is O=C1CC[C@@H](N2Cc3cc4c(cc3C2=O)OC[C@H]2CN(C[C@@H]3COC5(CCN(c6ccc([C@H]7c8ccc(O)cc8OC[C@H]7c7ccccc7)cc6F)CC5)C3)CCN42)C(=O)N1. The number of aromatic hydroxyl groups is 1. The van der Waals surface area contributed by atoms with Crippen molar-refractivity contribution >= 4 is 29.1 Å². The van der Waals surface area contributed by atoms with Crippen LogP contribution in [0, 0.1) is 11.7 Å². The molecule has 7 heterocycles. The number of halogens is 1. The van der Waals surface area contributed by atoms with E-state index in [2.05, 4.69) is 44.3 Å². The van der Waals surface area contributed by atoms with E-state index in [1.54, 1.807) is 23.1 Å². The summed E-state index contributed by atoms with van der Waals surface area (Å²) >= 11 is 0. The Kier molecular flexibility index (Phi) is 9.45. The molecule has 4 aromatic carbocycles. The van der Waals surface area contributed by atoms with Crippen LogP contribution in [-0.2, 0) is 20.9 Å². The maximum absolute atomic E-state index is 16.2. The van der Waals surface area contributed by atoms with Gasteiger partial charge in [-0.3, -0.25) is 24.6 Å². The maximum atomic E-state index is 16.2. The zero-order chi connectivity index (χ0) is 41.4. The number of fused-ring (bicyclic) bond motifs is 5. The highest BCUT2D eigenvalue weighted by Crippen LogP contribution is 2.48. The van der Waals surface area contributed by atoms with Crippen molar-refractivity contribution in [3.8, 4) is 17.2 Å². The van der Waals surface area contributed by atoms with Crippen molar-refractivity contribution in [3.05, 3.63) is 112 Å². The first-order chi connectivity index (χ1) is 29.7. The number of hydrogen-bond acceptors (Lipinski definition) is 10. The second kappa shape index (κ2) is 15.1. The summed E-state index contributed by atoms with van der Waals surface area (Å²) in [6, 6.07) is 24.6. The molecule has 0 saturated carbocycles. The van der Waals surface area contributed by atoms with Crippen molar-refractivity contribution in [3.63, 3.8) is 0 Å².